The highest BCUT2D eigenvalue weighted by molar-refractivity contribution is 5.27. The SMILES string of the molecule is CCNCc1cccn1Cc1ccc(F)cc1C. The van der Waals surface area contributed by atoms with E-state index in [-0.39, 0.29) is 5.82 Å². The molecule has 0 aliphatic rings. The molecule has 1 aromatic carbocycles. The molecule has 0 aliphatic carbocycles. The van der Waals surface area contributed by atoms with Crippen LogP contribution in [0.25, 0.3) is 0 Å². The fraction of sp³-hybridized carbons (Fsp3) is 0.333. The van der Waals surface area contributed by atoms with Gasteiger partial charge in [0.2, 0.25) is 0 Å². The van der Waals surface area contributed by atoms with E-state index >= 15 is 0 Å². The first-order valence-electron chi connectivity index (χ1n) is 6.30. The number of nitrogens with zero attached hydrogens (tertiary/aromatic N) is 1. The maximum absolute atomic E-state index is 13.1. The lowest BCUT2D eigenvalue weighted by atomic mass is 10.1. The van der Waals surface area contributed by atoms with Crippen LogP contribution in [0.3, 0.4) is 0 Å². The molecule has 3 heteroatoms. The van der Waals surface area contributed by atoms with Crippen LogP contribution >= 0.6 is 0 Å². The van der Waals surface area contributed by atoms with E-state index in [0.717, 1.165) is 30.8 Å². The highest BCUT2D eigenvalue weighted by atomic mass is 19.1. The standard InChI is InChI=1S/C15H19FN2/c1-3-17-10-15-5-4-8-18(15)11-13-6-7-14(16)9-12(13)2/h4-9,17H,3,10-11H2,1-2H3. The minimum absolute atomic E-state index is 0.170. The zero-order chi connectivity index (χ0) is 13.0. The van der Waals surface area contributed by atoms with Crippen LogP contribution in [-0.2, 0) is 13.1 Å². The van der Waals surface area contributed by atoms with E-state index in [1.807, 2.05) is 19.1 Å². The quantitative estimate of drug-likeness (QED) is 0.858. The molecule has 0 fully saturated rings. The molecular weight excluding hydrogens is 227 g/mol. The van der Waals surface area contributed by atoms with Crippen molar-refractivity contribution < 1.29 is 4.39 Å². The van der Waals surface area contributed by atoms with Crippen LogP contribution in [0.15, 0.2) is 36.5 Å². The second-order valence-electron chi connectivity index (χ2n) is 4.48. The van der Waals surface area contributed by atoms with Gasteiger partial charge in [-0.05, 0) is 48.9 Å². The molecular formula is C15H19FN2. The molecule has 0 saturated heterocycles. The third-order valence-electron chi connectivity index (χ3n) is 3.12. The van der Waals surface area contributed by atoms with Crippen LogP contribution in [0.2, 0.25) is 0 Å². The Balaban J connectivity index is 2.15. The summed E-state index contributed by atoms with van der Waals surface area (Å²) in [6.07, 6.45) is 2.06. The summed E-state index contributed by atoms with van der Waals surface area (Å²) in [5, 5.41) is 3.32. The summed E-state index contributed by atoms with van der Waals surface area (Å²) in [5.74, 6) is -0.170. The van der Waals surface area contributed by atoms with Crippen LogP contribution in [-0.4, -0.2) is 11.1 Å². The van der Waals surface area contributed by atoms with E-state index < -0.39 is 0 Å². The Labute approximate surface area is 107 Å². The number of rotatable bonds is 5. The van der Waals surface area contributed by atoms with Gasteiger partial charge in [-0.1, -0.05) is 13.0 Å². The first kappa shape index (κ1) is 12.8. The molecule has 0 amide bonds. The molecule has 1 N–H and O–H groups in total. The number of aryl methyl sites for hydroxylation is 1. The Morgan fingerprint density at radius 3 is 2.83 bits per heavy atom. The maximum Gasteiger partial charge on any atom is 0.123 e. The van der Waals surface area contributed by atoms with Crippen LogP contribution < -0.4 is 5.32 Å². The molecule has 2 nitrogen and oxygen atoms in total. The summed E-state index contributed by atoms with van der Waals surface area (Å²) < 4.78 is 15.3. The van der Waals surface area contributed by atoms with Crippen LogP contribution in [0, 0.1) is 12.7 Å². The van der Waals surface area contributed by atoms with Gasteiger partial charge in [0.15, 0.2) is 0 Å². The van der Waals surface area contributed by atoms with E-state index in [9.17, 15) is 4.39 Å². The lowest BCUT2D eigenvalue weighted by Gasteiger charge is -2.11. The number of hydrogen-bond donors (Lipinski definition) is 1. The monoisotopic (exact) mass is 246 g/mol. The van der Waals surface area contributed by atoms with Gasteiger partial charge >= 0.3 is 0 Å². The largest absolute Gasteiger partial charge is 0.346 e. The van der Waals surface area contributed by atoms with Crippen molar-refractivity contribution in [2.45, 2.75) is 26.9 Å². The van der Waals surface area contributed by atoms with Crippen LogP contribution in [0.1, 0.15) is 23.7 Å². The molecule has 1 heterocycles. The number of benzene rings is 1. The van der Waals surface area contributed by atoms with Crippen molar-refractivity contribution in [3.8, 4) is 0 Å². The zero-order valence-corrected chi connectivity index (χ0v) is 10.9. The van der Waals surface area contributed by atoms with Crippen molar-refractivity contribution in [3.05, 3.63) is 59.2 Å². The molecule has 18 heavy (non-hydrogen) atoms. The average Bonchev–Trinajstić information content (AvgIpc) is 2.77. The Bertz CT molecular complexity index is 517. The molecule has 0 unspecified atom stereocenters. The highest BCUT2D eigenvalue weighted by Gasteiger charge is 2.04. The van der Waals surface area contributed by atoms with Crippen LogP contribution in [0.4, 0.5) is 4.39 Å². The van der Waals surface area contributed by atoms with Crippen molar-refractivity contribution in [1.29, 1.82) is 0 Å². The highest BCUT2D eigenvalue weighted by Crippen LogP contribution is 2.13. The number of halogens is 1. The van der Waals surface area contributed by atoms with Crippen molar-refractivity contribution in [2.24, 2.45) is 0 Å². The molecule has 2 aromatic rings. The van der Waals surface area contributed by atoms with E-state index in [0.29, 0.717) is 0 Å². The lowest BCUT2D eigenvalue weighted by molar-refractivity contribution is 0.622. The van der Waals surface area contributed by atoms with Crippen molar-refractivity contribution in [1.82, 2.24) is 9.88 Å². The normalized spacial score (nSPS) is 10.8. The summed E-state index contributed by atoms with van der Waals surface area (Å²) in [6.45, 7) is 6.66. The lowest BCUT2D eigenvalue weighted by Crippen LogP contribution is -2.15. The molecule has 0 aliphatic heterocycles. The molecule has 1 aromatic heterocycles. The minimum Gasteiger partial charge on any atom is -0.346 e. The number of nitrogens with one attached hydrogen (secondary N) is 1. The van der Waals surface area contributed by atoms with E-state index in [1.54, 1.807) is 6.07 Å². The summed E-state index contributed by atoms with van der Waals surface area (Å²) in [4.78, 5) is 0. The van der Waals surface area contributed by atoms with Gasteiger partial charge in [-0.25, -0.2) is 4.39 Å². The predicted molar refractivity (Wildman–Crippen MR) is 72.1 cm³/mol. The van der Waals surface area contributed by atoms with E-state index in [2.05, 4.69) is 29.1 Å². The van der Waals surface area contributed by atoms with Crippen LogP contribution in [0.5, 0.6) is 0 Å². The Hall–Kier alpha value is -1.61. The topological polar surface area (TPSA) is 17.0 Å². The molecule has 0 spiro atoms. The number of hydrogen-bond acceptors (Lipinski definition) is 1. The zero-order valence-electron chi connectivity index (χ0n) is 10.9. The summed E-state index contributed by atoms with van der Waals surface area (Å²) in [5.41, 5.74) is 3.41. The Morgan fingerprint density at radius 2 is 2.11 bits per heavy atom. The second kappa shape index (κ2) is 5.83. The minimum atomic E-state index is -0.170. The summed E-state index contributed by atoms with van der Waals surface area (Å²) in [7, 11) is 0. The van der Waals surface area contributed by atoms with Crippen molar-refractivity contribution in [2.75, 3.05) is 6.54 Å². The smallest absolute Gasteiger partial charge is 0.123 e. The molecule has 0 saturated carbocycles. The predicted octanol–water partition coefficient (Wildman–Crippen LogP) is 3.09. The van der Waals surface area contributed by atoms with Gasteiger partial charge in [0, 0.05) is 25.0 Å². The van der Waals surface area contributed by atoms with Gasteiger partial charge in [0.05, 0.1) is 0 Å². The second-order valence-corrected chi connectivity index (χ2v) is 4.48. The first-order chi connectivity index (χ1) is 8.70. The molecule has 2 rings (SSSR count). The first-order valence-corrected chi connectivity index (χ1v) is 6.30. The summed E-state index contributed by atoms with van der Waals surface area (Å²) in [6, 6.07) is 9.13. The maximum atomic E-state index is 13.1. The average molecular weight is 246 g/mol. The van der Waals surface area contributed by atoms with Crippen molar-refractivity contribution in [3.63, 3.8) is 0 Å². The van der Waals surface area contributed by atoms with E-state index in [4.69, 9.17) is 0 Å². The van der Waals surface area contributed by atoms with Gasteiger partial charge in [0.1, 0.15) is 5.82 Å². The molecule has 0 bridgehead atoms. The number of aromatic nitrogens is 1. The van der Waals surface area contributed by atoms with Crippen molar-refractivity contribution >= 4 is 0 Å². The molecule has 96 valence electrons. The Morgan fingerprint density at radius 1 is 1.28 bits per heavy atom. The molecule has 0 radical (unpaired) electrons. The third kappa shape index (κ3) is 2.99. The Kier molecular flexibility index (Phi) is 4.15. The fourth-order valence-corrected chi connectivity index (χ4v) is 2.04. The third-order valence-corrected chi connectivity index (χ3v) is 3.12. The van der Waals surface area contributed by atoms with E-state index in [1.165, 1.54) is 11.8 Å². The fourth-order valence-electron chi connectivity index (χ4n) is 2.04. The summed E-state index contributed by atoms with van der Waals surface area (Å²) >= 11 is 0. The van der Waals surface area contributed by atoms with Gasteiger partial charge in [-0.3, -0.25) is 0 Å². The van der Waals surface area contributed by atoms with Gasteiger partial charge in [-0.2, -0.15) is 0 Å². The van der Waals surface area contributed by atoms with Gasteiger partial charge < -0.3 is 9.88 Å². The van der Waals surface area contributed by atoms with Gasteiger partial charge in [0.25, 0.3) is 0 Å². The molecule has 0 atom stereocenters. The van der Waals surface area contributed by atoms with Gasteiger partial charge in [-0.15, -0.1) is 0 Å².